The molecule has 5 aromatic heterocycles. The van der Waals surface area contributed by atoms with Crippen molar-refractivity contribution in [1.29, 1.82) is 0 Å². The van der Waals surface area contributed by atoms with Crippen LogP contribution >= 0.6 is 0 Å². The largest absolute Gasteiger partial charge is 0.481 e. The molecule has 12 heteroatoms. The molecule has 0 aliphatic carbocycles. The van der Waals surface area contributed by atoms with Crippen LogP contribution < -0.4 is 15.4 Å². The lowest BCUT2D eigenvalue weighted by Gasteiger charge is -2.14. The first-order chi connectivity index (χ1) is 18.9. The van der Waals surface area contributed by atoms with Gasteiger partial charge in [0, 0.05) is 54.5 Å². The van der Waals surface area contributed by atoms with E-state index in [1.807, 2.05) is 32.0 Å². The minimum atomic E-state index is -0.308. The fourth-order valence-electron chi connectivity index (χ4n) is 3.73. The van der Waals surface area contributed by atoms with E-state index in [1.165, 1.54) is 0 Å². The average Bonchev–Trinajstić information content (AvgIpc) is 3.37. The van der Waals surface area contributed by atoms with Crippen molar-refractivity contribution < 1.29 is 14.1 Å². The molecule has 196 valence electrons. The van der Waals surface area contributed by atoms with Crippen molar-refractivity contribution in [3.63, 3.8) is 0 Å². The van der Waals surface area contributed by atoms with Gasteiger partial charge in [-0.2, -0.15) is 4.98 Å². The Morgan fingerprint density at radius 3 is 2.38 bits per heavy atom. The van der Waals surface area contributed by atoms with E-state index in [2.05, 4.69) is 45.7 Å². The molecular weight excluding hydrogens is 498 g/mol. The highest BCUT2D eigenvalue weighted by atomic mass is 16.5. The molecule has 0 aliphatic heterocycles. The van der Waals surface area contributed by atoms with Gasteiger partial charge in [-0.15, -0.1) is 0 Å². The van der Waals surface area contributed by atoms with Gasteiger partial charge in [0.2, 0.25) is 11.8 Å². The number of carbonyl (C=O) groups is 1. The maximum atomic E-state index is 12.9. The number of nitrogens with one attached hydrogen (secondary N) is 2. The quantitative estimate of drug-likeness (QED) is 0.300. The second-order valence-corrected chi connectivity index (χ2v) is 8.67. The molecule has 5 heterocycles. The van der Waals surface area contributed by atoms with Crippen LogP contribution in [-0.2, 0) is 0 Å². The van der Waals surface area contributed by atoms with Gasteiger partial charge >= 0.3 is 0 Å². The lowest BCUT2D eigenvalue weighted by atomic mass is 10.1. The van der Waals surface area contributed by atoms with E-state index in [1.54, 1.807) is 56.9 Å². The monoisotopic (exact) mass is 523 g/mol. The van der Waals surface area contributed by atoms with Gasteiger partial charge in [0.1, 0.15) is 11.5 Å². The number of pyridine rings is 3. The lowest BCUT2D eigenvalue weighted by Crippen LogP contribution is -2.27. The molecule has 0 fully saturated rings. The summed E-state index contributed by atoms with van der Waals surface area (Å²) in [5.41, 5.74) is 4.16. The van der Waals surface area contributed by atoms with Crippen LogP contribution in [0.25, 0.3) is 22.6 Å². The second-order valence-electron chi connectivity index (χ2n) is 8.67. The molecule has 0 aromatic carbocycles. The Bertz CT molecular complexity index is 1580. The van der Waals surface area contributed by atoms with Crippen LogP contribution in [0.2, 0.25) is 0 Å². The Labute approximate surface area is 224 Å². The summed E-state index contributed by atoms with van der Waals surface area (Å²) in [6.45, 7) is 5.44. The Morgan fingerprint density at radius 1 is 0.923 bits per heavy atom. The molecule has 0 radical (unpaired) electrons. The number of ether oxygens (including phenoxy) is 1. The van der Waals surface area contributed by atoms with Crippen molar-refractivity contribution in [1.82, 2.24) is 40.4 Å². The fourth-order valence-corrected chi connectivity index (χ4v) is 3.73. The van der Waals surface area contributed by atoms with Crippen molar-refractivity contribution in [3.8, 4) is 28.5 Å². The van der Waals surface area contributed by atoms with E-state index in [0.29, 0.717) is 34.9 Å². The topological polar surface area (TPSA) is 154 Å². The molecule has 1 amide bonds. The SMILES string of the molecule is COc1ccc(-c2ccc(C(C)NC(=O)c3ccc(-c4nc(C)cc(Nc5noc(C)n5)n4)cn3)cn2)cn1. The number of hydrogen-bond donors (Lipinski definition) is 2. The van der Waals surface area contributed by atoms with E-state index in [4.69, 9.17) is 9.26 Å². The maximum absolute atomic E-state index is 12.9. The molecule has 5 aromatic rings. The number of aryl methyl sites for hydroxylation is 2. The molecule has 1 atom stereocenters. The Kier molecular flexibility index (Phi) is 7.17. The molecule has 0 spiro atoms. The Hall–Kier alpha value is -5.26. The van der Waals surface area contributed by atoms with Gasteiger partial charge < -0.3 is 19.9 Å². The number of carbonyl (C=O) groups excluding carboxylic acids is 1. The van der Waals surface area contributed by atoms with E-state index < -0.39 is 0 Å². The van der Waals surface area contributed by atoms with E-state index in [9.17, 15) is 4.79 Å². The van der Waals surface area contributed by atoms with Crippen LogP contribution in [-0.4, -0.2) is 48.1 Å². The lowest BCUT2D eigenvalue weighted by molar-refractivity contribution is 0.0935. The molecule has 39 heavy (non-hydrogen) atoms. The number of amides is 1. The summed E-state index contributed by atoms with van der Waals surface area (Å²) in [5, 5.41) is 9.77. The van der Waals surface area contributed by atoms with Gasteiger partial charge in [-0.25, -0.2) is 15.0 Å². The van der Waals surface area contributed by atoms with Crippen molar-refractivity contribution >= 4 is 17.7 Å². The number of anilines is 2. The molecule has 5 rings (SSSR count). The standard InChI is InChI=1S/C27H25N9O3/c1-15-11-23(35-27-33-17(3)39-36-27)34-25(31-15)20-6-9-22(29-14-20)26(37)32-16(2)18-5-8-21(28-12-18)19-7-10-24(38-4)30-13-19/h5-14,16H,1-4H3,(H,32,37)(H,31,34,35,36). The van der Waals surface area contributed by atoms with Crippen LogP contribution in [0.5, 0.6) is 5.88 Å². The van der Waals surface area contributed by atoms with Gasteiger partial charge in [0.15, 0.2) is 5.82 Å². The summed E-state index contributed by atoms with van der Waals surface area (Å²) in [7, 11) is 1.57. The Balaban J connectivity index is 1.24. The van der Waals surface area contributed by atoms with Crippen LogP contribution in [0.15, 0.2) is 65.6 Å². The zero-order valence-corrected chi connectivity index (χ0v) is 21.7. The normalized spacial score (nSPS) is 11.6. The minimum absolute atomic E-state index is 0.271. The summed E-state index contributed by atoms with van der Waals surface area (Å²) in [6.07, 6.45) is 5.00. The summed E-state index contributed by atoms with van der Waals surface area (Å²) < 4.78 is 10.1. The number of methoxy groups -OCH3 is 1. The third-order valence-corrected chi connectivity index (χ3v) is 5.75. The van der Waals surface area contributed by atoms with E-state index in [-0.39, 0.29) is 17.6 Å². The third kappa shape index (κ3) is 6.01. The molecule has 0 bridgehead atoms. The van der Waals surface area contributed by atoms with E-state index in [0.717, 1.165) is 22.5 Å². The van der Waals surface area contributed by atoms with Crippen molar-refractivity contribution in [2.45, 2.75) is 26.8 Å². The maximum Gasteiger partial charge on any atom is 0.270 e. The van der Waals surface area contributed by atoms with Crippen LogP contribution in [0.1, 0.15) is 40.6 Å². The van der Waals surface area contributed by atoms with Crippen molar-refractivity contribution in [2.75, 3.05) is 12.4 Å². The average molecular weight is 524 g/mol. The van der Waals surface area contributed by atoms with Gasteiger partial charge in [-0.05, 0) is 48.8 Å². The zero-order chi connectivity index (χ0) is 27.4. The van der Waals surface area contributed by atoms with E-state index >= 15 is 0 Å². The fraction of sp³-hybridized carbons (Fsp3) is 0.185. The van der Waals surface area contributed by atoms with Gasteiger partial charge in [0.05, 0.1) is 18.8 Å². The number of nitrogens with zero attached hydrogens (tertiary/aromatic N) is 7. The molecule has 2 N–H and O–H groups in total. The highest BCUT2D eigenvalue weighted by Crippen LogP contribution is 2.22. The molecular formula is C27H25N9O3. The highest BCUT2D eigenvalue weighted by Gasteiger charge is 2.15. The third-order valence-electron chi connectivity index (χ3n) is 5.75. The summed E-state index contributed by atoms with van der Waals surface area (Å²) in [4.78, 5) is 39.0. The molecule has 1 unspecified atom stereocenters. The molecule has 0 saturated heterocycles. The number of aromatic nitrogens is 7. The smallest absolute Gasteiger partial charge is 0.270 e. The first kappa shape index (κ1) is 25.4. The van der Waals surface area contributed by atoms with Crippen LogP contribution in [0.4, 0.5) is 11.8 Å². The van der Waals surface area contributed by atoms with Crippen LogP contribution in [0.3, 0.4) is 0 Å². The van der Waals surface area contributed by atoms with Crippen LogP contribution in [0, 0.1) is 13.8 Å². The zero-order valence-electron chi connectivity index (χ0n) is 21.7. The van der Waals surface area contributed by atoms with Gasteiger partial charge in [-0.3, -0.25) is 14.8 Å². The van der Waals surface area contributed by atoms with Crippen molar-refractivity contribution in [3.05, 3.63) is 83.9 Å². The first-order valence-corrected chi connectivity index (χ1v) is 12.0. The summed E-state index contributed by atoms with van der Waals surface area (Å²) in [6, 6.07) is 12.4. The van der Waals surface area contributed by atoms with Gasteiger partial charge in [-0.1, -0.05) is 6.07 Å². The number of rotatable bonds is 8. The minimum Gasteiger partial charge on any atom is -0.481 e. The second kappa shape index (κ2) is 11.0. The van der Waals surface area contributed by atoms with Crippen molar-refractivity contribution in [2.24, 2.45) is 0 Å². The Morgan fingerprint density at radius 2 is 1.74 bits per heavy atom. The summed E-state index contributed by atoms with van der Waals surface area (Å²) >= 11 is 0. The number of hydrogen-bond acceptors (Lipinski definition) is 11. The molecule has 12 nitrogen and oxygen atoms in total. The highest BCUT2D eigenvalue weighted by molar-refractivity contribution is 5.92. The summed E-state index contributed by atoms with van der Waals surface area (Å²) in [5.74, 6) is 1.93. The molecule has 0 saturated carbocycles. The predicted octanol–water partition coefficient (Wildman–Crippen LogP) is 4.24. The predicted molar refractivity (Wildman–Crippen MR) is 142 cm³/mol. The van der Waals surface area contributed by atoms with Gasteiger partial charge in [0.25, 0.3) is 11.9 Å². The molecule has 0 aliphatic rings. The first-order valence-electron chi connectivity index (χ1n) is 12.0.